The fourth-order valence-electron chi connectivity index (χ4n) is 4.54. The first-order valence-corrected chi connectivity index (χ1v) is 10.1. The van der Waals surface area contributed by atoms with Crippen molar-refractivity contribution in [2.75, 3.05) is 0 Å². The fraction of sp³-hybridized carbons (Fsp3) is 1.00. The Balaban J connectivity index is 1.42. The topological polar surface area (TPSA) is 40.5 Å². The summed E-state index contributed by atoms with van der Waals surface area (Å²) in [7, 11) is 0. The monoisotopic (exact) mass is 310 g/mol. The van der Waals surface area contributed by atoms with Crippen LogP contribution >= 0.6 is 0 Å². The lowest BCUT2D eigenvalue weighted by atomic mass is 9.81. The van der Waals surface area contributed by atoms with Gasteiger partial charge in [0.25, 0.3) is 0 Å². The number of aliphatic hydroxyl groups is 2. The molecule has 0 aromatic heterocycles. The highest BCUT2D eigenvalue weighted by Crippen LogP contribution is 2.33. The van der Waals surface area contributed by atoms with E-state index in [0.717, 1.165) is 38.5 Å². The number of rotatable bonds is 9. The lowest BCUT2D eigenvalue weighted by molar-refractivity contribution is -0.00706. The molecular weight excluding hydrogens is 272 g/mol. The van der Waals surface area contributed by atoms with Gasteiger partial charge in [-0.3, -0.25) is 0 Å². The van der Waals surface area contributed by atoms with E-state index >= 15 is 0 Å². The van der Waals surface area contributed by atoms with Gasteiger partial charge in [0, 0.05) is 0 Å². The summed E-state index contributed by atoms with van der Waals surface area (Å²) < 4.78 is 0. The third kappa shape index (κ3) is 6.58. The van der Waals surface area contributed by atoms with Crippen molar-refractivity contribution in [3.8, 4) is 0 Å². The van der Waals surface area contributed by atoms with E-state index in [1.54, 1.807) is 0 Å². The zero-order chi connectivity index (χ0) is 15.7. The van der Waals surface area contributed by atoms with Crippen LogP contribution in [0.25, 0.3) is 0 Å². The maximum Gasteiger partial charge on any atom is 0.0647 e. The third-order valence-electron chi connectivity index (χ3n) is 6.10. The Kier molecular flexibility index (Phi) is 7.70. The van der Waals surface area contributed by atoms with Crippen LogP contribution in [0.1, 0.15) is 116 Å². The van der Waals surface area contributed by atoms with E-state index in [4.69, 9.17) is 0 Å². The summed E-state index contributed by atoms with van der Waals surface area (Å²) in [6.07, 6.45) is 21.2. The van der Waals surface area contributed by atoms with Gasteiger partial charge in [0.15, 0.2) is 0 Å². The van der Waals surface area contributed by atoms with E-state index in [0.29, 0.717) is 0 Å². The van der Waals surface area contributed by atoms with Gasteiger partial charge in [0.2, 0.25) is 0 Å². The Labute approximate surface area is 137 Å². The molecule has 2 nitrogen and oxygen atoms in total. The number of unbranched alkanes of at least 4 members (excludes halogenated alkanes) is 5. The van der Waals surface area contributed by atoms with Crippen LogP contribution in [-0.2, 0) is 0 Å². The maximum atomic E-state index is 10.5. The van der Waals surface area contributed by atoms with Crippen molar-refractivity contribution < 1.29 is 10.2 Å². The van der Waals surface area contributed by atoms with Gasteiger partial charge >= 0.3 is 0 Å². The van der Waals surface area contributed by atoms with Crippen LogP contribution in [0.4, 0.5) is 0 Å². The van der Waals surface area contributed by atoms with E-state index in [2.05, 4.69) is 0 Å². The lowest BCUT2D eigenvalue weighted by Crippen LogP contribution is -2.31. The van der Waals surface area contributed by atoms with Gasteiger partial charge in [-0.25, -0.2) is 0 Å². The van der Waals surface area contributed by atoms with Crippen molar-refractivity contribution >= 4 is 0 Å². The second kappa shape index (κ2) is 9.27. The van der Waals surface area contributed by atoms with Crippen LogP contribution in [0.15, 0.2) is 0 Å². The first-order valence-electron chi connectivity index (χ1n) is 10.1. The van der Waals surface area contributed by atoms with Crippen LogP contribution in [-0.4, -0.2) is 21.4 Å². The summed E-state index contributed by atoms with van der Waals surface area (Å²) in [5.74, 6) is 0. The molecule has 0 aromatic carbocycles. The molecule has 2 aliphatic carbocycles. The number of hydrogen-bond donors (Lipinski definition) is 2. The molecule has 0 unspecified atom stereocenters. The molecule has 0 amide bonds. The first kappa shape index (κ1) is 18.3. The largest absolute Gasteiger partial charge is 0.390 e. The second-order valence-electron chi connectivity index (χ2n) is 8.19. The molecule has 2 N–H and O–H groups in total. The van der Waals surface area contributed by atoms with Crippen molar-refractivity contribution in [2.24, 2.45) is 0 Å². The molecule has 0 atom stereocenters. The Morgan fingerprint density at radius 1 is 0.455 bits per heavy atom. The molecule has 2 saturated carbocycles. The average Bonchev–Trinajstić information content (AvgIpc) is 2.51. The summed E-state index contributed by atoms with van der Waals surface area (Å²) in [5, 5.41) is 20.9. The van der Waals surface area contributed by atoms with Crippen LogP contribution in [0.2, 0.25) is 0 Å². The summed E-state index contributed by atoms with van der Waals surface area (Å²) in [6, 6.07) is 0. The van der Waals surface area contributed by atoms with E-state index in [1.165, 1.54) is 77.0 Å². The van der Waals surface area contributed by atoms with Gasteiger partial charge in [0.05, 0.1) is 11.2 Å². The molecule has 2 rings (SSSR count). The highest BCUT2D eigenvalue weighted by molar-refractivity contribution is 4.82. The zero-order valence-corrected chi connectivity index (χ0v) is 14.6. The molecule has 0 radical (unpaired) electrons. The highest BCUT2D eigenvalue weighted by Gasteiger charge is 2.29. The van der Waals surface area contributed by atoms with Crippen LogP contribution < -0.4 is 0 Å². The molecular formula is C20H38O2. The summed E-state index contributed by atoms with van der Waals surface area (Å²) >= 11 is 0. The Morgan fingerprint density at radius 2 is 0.773 bits per heavy atom. The van der Waals surface area contributed by atoms with Crippen LogP contribution in [0.3, 0.4) is 0 Å². The third-order valence-corrected chi connectivity index (χ3v) is 6.10. The summed E-state index contributed by atoms with van der Waals surface area (Å²) in [5.41, 5.74) is -0.634. The molecule has 130 valence electrons. The van der Waals surface area contributed by atoms with E-state index in [-0.39, 0.29) is 11.2 Å². The Hall–Kier alpha value is -0.0800. The Morgan fingerprint density at radius 3 is 1.14 bits per heavy atom. The van der Waals surface area contributed by atoms with E-state index < -0.39 is 0 Å². The predicted octanol–water partition coefficient (Wildman–Crippen LogP) is 5.50. The first-order chi connectivity index (χ1) is 10.6. The molecule has 2 heteroatoms. The van der Waals surface area contributed by atoms with Gasteiger partial charge < -0.3 is 10.2 Å². The van der Waals surface area contributed by atoms with Gasteiger partial charge in [-0.1, -0.05) is 77.0 Å². The van der Waals surface area contributed by atoms with Crippen molar-refractivity contribution in [1.82, 2.24) is 0 Å². The standard InChI is InChI=1S/C20H38O2/c21-19(15-9-5-10-16-19)13-7-3-1-2-4-8-14-20(22)17-11-6-12-18-20/h21-22H,1-18H2. The minimum Gasteiger partial charge on any atom is -0.390 e. The summed E-state index contributed by atoms with van der Waals surface area (Å²) in [6.45, 7) is 0. The van der Waals surface area contributed by atoms with E-state index in [9.17, 15) is 10.2 Å². The maximum absolute atomic E-state index is 10.5. The van der Waals surface area contributed by atoms with Gasteiger partial charge in [-0.15, -0.1) is 0 Å². The molecule has 2 fully saturated rings. The van der Waals surface area contributed by atoms with Gasteiger partial charge in [-0.05, 0) is 38.5 Å². The molecule has 0 saturated heterocycles. The van der Waals surface area contributed by atoms with Crippen molar-refractivity contribution in [3.05, 3.63) is 0 Å². The molecule has 0 spiro atoms. The van der Waals surface area contributed by atoms with Crippen molar-refractivity contribution in [2.45, 2.75) is 127 Å². The van der Waals surface area contributed by atoms with Gasteiger partial charge in [0.1, 0.15) is 0 Å². The SMILES string of the molecule is OC1(CCCCCCCCC2(O)CCCCC2)CCCCC1. The second-order valence-corrected chi connectivity index (χ2v) is 8.19. The Bertz CT molecular complexity index is 258. The number of hydrogen-bond acceptors (Lipinski definition) is 2. The van der Waals surface area contributed by atoms with Crippen molar-refractivity contribution in [3.63, 3.8) is 0 Å². The molecule has 22 heavy (non-hydrogen) atoms. The molecule has 0 aromatic rings. The quantitative estimate of drug-likeness (QED) is 0.552. The zero-order valence-electron chi connectivity index (χ0n) is 14.6. The van der Waals surface area contributed by atoms with Gasteiger partial charge in [-0.2, -0.15) is 0 Å². The van der Waals surface area contributed by atoms with Crippen molar-refractivity contribution in [1.29, 1.82) is 0 Å². The predicted molar refractivity (Wildman–Crippen MR) is 93.0 cm³/mol. The highest BCUT2D eigenvalue weighted by atomic mass is 16.3. The van der Waals surface area contributed by atoms with E-state index in [1.807, 2.05) is 0 Å². The summed E-state index contributed by atoms with van der Waals surface area (Å²) in [4.78, 5) is 0. The molecule has 0 bridgehead atoms. The van der Waals surface area contributed by atoms with Crippen LogP contribution in [0.5, 0.6) is 0 Å². The smallest absolute Gasteiger partial charge is 0.0647 e. The minimum absolute atomic E-state index is 0.317. The average molecular weight is 311 g/mol. The molecule has 0 heterocycles. The normalized spacial score (nSPS) is 24.3. The fourth-order valence-corrected chi connectivity index (χ4v) is 4.54. The lowest BCUT2D eigenvalue weighted by Gasteiger charge is -2.32. The molecule has 0 aliphatic heterocycles. The van der Waals surface area contributed by atoms with Crippen LogP contribution in [0, 0.1) is 0 Å². The minimum atomic E-state index is -0.317. The molecule has 2 aliphatic rings.